The molecule has 0 unspecified atom stereocenters. The predicted octanol–water partition coefficient (Wildman–Crippen LogP) is 2.03. The van der Waals surface area contributed by atoms with Gasteiger partial charge in [-0.3, -0.25) is 4.79 Å². The molecule has 5 nitrogen and oxygen atoms in total. The first-order valence-corrected chi connectivity index (χ1v) is 8.01. The zero-order valence-electron chi connectivity index (χ0n) is 12.1. The maximum absolute atomic E-state index is 12.5. The van der Waals surface area contributed by atoms with Gasteiger partial charge in [-0.2, -0.15) is 0 Å². The van der Waals surface area contributed by atoms with Gasteiger partial charge in [0.05, 0.1) is 16.5 Å². The van der Waals surface area contributed by atoms with Gasteiger partial charge in [0.1, 0.15) is 11.3 Å². The fraction of sp³-hybridized carbons (Fsp3) is 0.714. The van der Waals surface area contributed by atoms with E-state index in [0.29, 0.717) is 23.1 Å². The second kappa shape index (κ2) is 5.07. The van der Waals surface area contributed by atoms with Gasteiger partial charge in [-0.25, -0.2) is 0 Å². The monoisotopic (exact) mass is 296 g/mol. The number of hydrogen-bond acceptors (Lipinski definition) is 5. The smallest absolute Gasteiger partial charge is 0.259 e. The standard InChI is InChI=1S/C14H20N2O3S/c1-4-18-11-5-14(20-6-11)7-16(8-14)13(17)12-9(2)15-19-10(12)3/h11H,4-8H2,1-3H3/t11-/m0/s1. The number of amides is 1. The lowest BCUT2D eigenvalue weighted by Gasteiger charge is -2.47. The molecule has 0 saturated carbocycles. The van der Waals surface area contributed by atoms with Crippen molar-refractivity contribution in [3.63, 3.8) is 0 Å². The summed E-state index contributed by atoms with van der Waals surface area (Å²) < 4.78 is 11.0. The highest BCUT2D eigenvalue weighted by molar-refractivity contribution is 8.01. The van der Waals surface area contributed by atoms with Crippen LogP contribution in [0.5, 0.6) is 0 Å². The summed E-state index contributed by atoms with van der Waals surface area (Å²) in [5.74, 6) is 1.70. The molecular weight excluding hydrogens is 276 g/mol. The van der Waals surface area contributed by atoms with Gasteiger partial charge in [0.2, 0.25) is 0 Å². The van der Waals surface area contributed by atoms with Crippen LogP contribution in [0, 0.1) is 13.8 Å². The molecule has 2 fully saturated rings. The first kappa shape index (κ1) is 13.9. The molecule has 2 aliphatic heterocycles. The van der Waals surface area contributed by atoms with Crippen molar-refractivity contribution in [1.82, 2.24) is 10.1 Å². The zero-order chi connectivity index (χ0) is 14.3. The van der Waals surface area contributed by atoms with Crippen molar-refractivity contribution in [1.29, 1.82) is 0 Å². The number of carbonyl (C=O) groups excluding carboxylic acids is 1. The van der Waals surface area contributed by atoms with E-state index in [-0.39, 0.29) is 10.7 Å². The molecule has 2 aliphatic rings. The Kier molecular flexibility index (Phi) is 3.54. The van der Waals surface area contributed by atoms with Crippen LogP contribution in [0.4, 0.5) is 0 Å². The molecule has 3 heterocycles. The van der Waals surface area contributed by atoms with Crippen LogP contribution < -0.4 is 0 Å². The van der Waals surface area contributed by atoms with E-state index in [0.717, 1.165) is 31.9 Å². The molecule has 1 aromatic rings. The fourth-order valence-corrected chi connectivity index (χ4v) is 4.66. The number of likely N-dealkylation sites (tertiary alicyclic amines) is 1. The average molecular weight is 296 g/mol. The van der Waals surface area contributed by atoms with Gasteiger partial charge >= 0.3 is 0 Å². The first-order chi connectivity index (χ1) is 9.54. The van der Waals surface area contributed by atoms with E-state index in [4.69, 9.17) is 9.26 Å². The number of ether oxygens (including phenoxy) is 1. The lowest BCUT2D eigenvalue weighted by Crippen LogP contribution is -2.60. The molecule has 2 saturated heterocycles. The maximum Gasteiger partial charge on any atom is 0.259 e. The molecule has 6 heteroatoms. The van der Waals surface area contributed by atoms with Crippen LogP contribution in [-0.2, 0) is 4.74 Å². The van der Waals surface area contributed by atoms with Crippen LogP contribution in [0.25, 0.3) is 0 Å². The minimum Gasteiger partial charge on any atom is -0.378 e. The molecule has 110 valence electrons. The fourth-order valence-electron chi connectivity index (χ4n) is 3.11. The summed E-state index contributed by atoms with van der Waals surface area (Å²) in [5, 5.41) is 3.86. The molecule has 1 spiro atoms. The van der Waals surface area contributed by atoms with Gasteiger partial charge < -0.3 is 14.2 Å². The van der Waals surface area contributed by atoms with E-state index < -0.39 is 0 Å². The Morgan fingerprint density at radius 3 is 2.90 bits per heavy atom. The Labute approximate surface area is 123 Å². The number of thioether (sulfide) groups is 1. The summed E-state index contributed by atoms with van der Waals surface area (Å²) in [6.07, 6.45) is 1.40. The van der Waals surface area contributed by atoms with Crippen molar-refractivity contribution >= 4 is 17.7 Å². The molecular formula is C14H20N2O3S. The van der Waals surface area contributed by atoms with Crippen molar-refractivity contribution < 1.29 is 14.1 Å². The number of rotatable bonds is 3. The van der Waals surface area contributed by atoms with E-state index in [1.165, 1.54) is 0 Å². The van der Waals surface area contributed by atoms with Crippen LogP contribution >= 0.6 is 11.8 Å². The third-order valence-corrected chi connectivity index (χ3v) is 5.65. The topological polar surface area (TPSA) is 55.6 Å². The minimum absolute atomic E-state index is 0.0485. The predicted molar refractivity (Wildman–Crippen MR) is 77.1 cm³/mol. The second-order valence-corrected chi connectivity index (χ2v) is 7.12. The lowest BCUT2D eigenvalue weighted by atomic mass is 9.92. The Bertz CT molecular complexity index is 503. The molecule has 20 heavy (non-hydrogen) atoms. The lowest BCUT2D eigenvalue weighted by molar-refractivity contribution is 0.0357. The van der Waals surface area contributed by atoms with Crippen LogP contribution in [0.15, 0.2) is 4.52 Å². The summed E-state index contributed by atoms with van der Waals surface area (Å²) in [6.45, 7) is 8.02. The number of nitrogens with zero attached hydrogens (tertiary/aromatic N) is 2. The number of hydrogen-bond donors (Lipinski definition) is 0. The average Bonchev–Trinajstić information content (AvgIpc) is 2.92. The Morgan fingerprint density at radius 1 is 1.55 bits per heavy atom. The molecule has 0 N–H and O–H groups in total. The van der Waals surface area contributed by atoms with Crippen molar-refractivity contribution in [2.45, 2.75) is 38.0 Å². The quantitative estimate of drug-likeness (QED) is 0.854. The van der Waals surface area contributed by atoms with Crippen LogP contribution in [0.2, 0.25) is 0 Å². The highest BCUT2D eigenvalue weighted by Gasteiger charge is 2.51. The largest absolute Gasteiger partial charge is 0.378 e. The van der Waals surface area contributed by atoms with Gasteiger partial charge in [0.15, 0.2) is 0 Å². The van der Waals surface area contributed by atoms with Gasteiger partial charge in [-0.05, 0) is 27.2 Å². The Morgan fingerprint density at radius 2 is 2.30 bits per heavy atom. The zero-order valence-corrected chi connectivity index (χ0v) is 13.0. The van der Waals surface area contributed by atoms with Crippen LogP contribution in [-0.4, -0.2) is 52.3 Å². The molecule has 1 amide bonds. The Hall–Kier alpha value is -1.01. The molecule has 3 rings (SSSR count). The maximum atomic E-state index is 12.5. The second-order valence-electron chi connectivity index (χ2n) is 5.64. The molecule has 0 bridgehead atoms. The molecule has 0 aliphatic carbocycles. The van der Waals surface area contributed by atoms with Gasteiger partial charge in [-0.1, -0.05) is 5.16 Å². The molecule has 0 radical (unpaired) electrons. The highest BCUT2D eigenvalue weighted by Crippen LogP contribution is 2.46. The third-order valence-electron chi connectivity index (χ3n) is 4.07. The number of carbonyl (C=O) groups is 1. The van der Waals surface area contributed by atoms with E-state index in [1.807, 2.05) is 30.5 Å². The summed E-state index contributed by atoms with van der Waals surface area (Å²) in [5.41, 5.74) is 1.31. The summed E-state index contributed by atoms with van der Waals surface area (Å²) in [6, 6.07) is 0. The highest BCUT2D eigenvalue weighted by atomic mass is 32.2. The van der Waals surface area contributed by atoms with Gasteiger partial charge in [-0.15, -0.1) is 11.8 Å². The van der Waals surface area contributed by atoms with E-state index in [1.54, 1.807) is 6.92 Å². The van der Waals surface area contributed by atoms with Crippen molar-refractivity contribution in [2.24, 2.45) is 0 Å². The van der Waals surface area contributed by atoms with Crippen molar-refractivity contribution in [3.8, 4) is 0 Å². The number of aryl methyl sites for hydroxylation is 2. The van der Waals surface area contributed by atoms with Crippen LogP contribution in [0.3, 0.4) is 0 Å². The van der Waals surface area contributed by atoms with Crippen molar-refractivity contribution in [2.75, 3.05) is 25.4 Å². The number of aromatic nitrogens is 1. The van der Waals surface area contributed by atoms with Crippen molar-refractivity contribution in [3.05, 3.63) is 17.0 Å². The third kappa shape index (κ3) is 2.24. The summed E-state index contributed by atoms with van der Waals surface area (Å²) in [7, 11) is 0. The minimum atomic E-state index is 0.0485. The normalized spacial score (nSPS) is 24.1. The molecule has 1 atom stereocenters. The van der Waals surface area contributed by atoms with Gasteiger partial charge in [0, 0.05) is 25.4 Å². The van der Waals surface area contributed by atoms with E-state index in [9.17, 15) is 4.79 Å². The van der Waals surface area contributed by atoms with Crippen LogP contribution in [0.1, 0.15) is 35.2 Å². The van der Waals surface area contributed by atoms with E-state index in [2.05, 4.69) is 5.16 Å². The summed E-state index contributed by atoms with van der Waals surface area (Å²) >= 11 is 1.95. The Balaban J connectivity index is 1.62. The molecule has 1 aromatic heterocycles. The molecule has 0 aromatic carbocycles. The van der Waals surface area contributed by atoms with Gasteiger partial charge in [0.25, 0.3) is 5.91 Å². The first-order valence-electron chi connectivity index (χ1n) is 7.02. The SMILES string of the molecule is CCO[C@@H]1CSC2(C1)CN(C(=O)c1c(C)noc1C)C2. The van der Waals surface area contributed by atoms with E-state index >= 15 is 0 Å². The summed E-state index contributed by atoms with van der Waals surface area (Å²) in [4.78, 5) is 14.4.